The van der Waals surface area contributed by atoms with Gasteiger partial charge >= 0.3 is 6.03 Å². The molecule has 2 atom stereocenters. The van der Waals surface area contributed by atoms with Gasteiger partial charge in [-0.25, -0.2) is 9.18 Å². The topological polar surface area (TPSA) is 54.5 Å². The molecule has 2 heterocycles. The Labute approximate surface area is 140 Å². The van der Waals surface area contributed by atoms with Crippen LogP contribution in [-0.2, 0) is 4.74 Å². The number of carbonyl (C=O) groups is 1. The third-order valence-corrected chi connectivity index (χ3v) is 4.10. The van der Waals surface area contributed by atoms with Crippen LogP contribution in [0.5, 0.6) is 0 Å². The minimum atomic E-state index is -0.311. The van der Waals surface area contributed by atoms with Crippen molar-refractivity contribution in [3.63, 3.8) is 0 Å². The van der Waals surface area contributed by atoms with Crippen molar-refractivity contribution in [3.8, 4) is 0 Å². The van der Waals surface area contributed by atoms with Crippen molar-refractivity contribution in [2.45, 2.75) is 19.1 Å². The number of morpholine rings is 1. The molecular weight excluding hydrogens is 309 g/mol. The number of hydrogen-bond acceptors (Lipinski definition) is 3. The van der Waals surface area contributed by atoms with Crippen molar-refractivity contribution in [1.82, 2.24) is 15.2 Å². The second-order valence-electron chi connectivity index (χ2n) is 5.82. The molecule has 3 rings (SSSR count). The SMILES string of the molecule is C[C@@H](NC(=O)N1CCO[C@@H](c2cccc(F)c2)C1)c1cccnc1. The predicted molar refractivity (Wildman–Crippen MR) is 87.8 cm³/mol. The van der Waals surface area contributed by atoms with E-state index in [0.717, 1.165) is 11.1 Å². The lowest BCUT2D eigenvalue weighted by Crippen LogP contribution is -2.47. The first-order chi connectivity index (χ1) is 11.6. The molecule has 0 aliphatic carbocycles. The fourth-order valence-electron chi connectivity index (χ4n) is 2.73. The molecule has 1 aliphatic heterocycles. The zero-order valence-corrected chi connectivity index (χ0v) is 13.5. The highest BCUT2D eigenvalue weighted by molar-refractivity contribution is 5.74. The summed E-state index contributed by atoms with van der Waals surface area (Å²) in [6.07, 6.45) is 3.12. The van der Waals surface area contributed by atoms with Gasteiger partial charge in [-0.15, -0.1) is 0 Å². The largest absolute Gasteiger partial charge is 0.370 e. The Kier molecular flexibility index (Phi) is 5.05. The van der Waals surface area contributed by atoms with E-state index in [-0.39, 0.29) is 24.0 Å². The van der Waals surface area contributed by atoms with Crippen LogP contribution < -0.4 is 5.32 Å². The molecule has 1 saturated heterocycles. The average Bonchev–Trinajstić information content (AvgIpc) is 2.62. The molecule has 1 aromatic heterocycles. The Balaban J connectivity index is 1.63. The molecule has 1 aliphatic rings. The molecule has 0 spiro atoms. The van der Waals surface area contributed by atoms with E-state index in [0.29, 0.717) is 19.7 Å². The van der Waals surface area contributed by atoms with Crippen LogP contribution in [0.2, 0.25) is 0 Å². The molecule has 24 heavy (non-hydrogen) atoms. The summed E-state index contributed by atoms with van der Waals surface area (Å²) in [5.41, 5.74) is 1.69. The third kappa shape index (κ3) is 3.89. The molecule has 2 aromatic rings. The summed E-state index contributed by atoms with van der Waals surface area (Å²) in [6, 6.07) is 9.78. The van der Waals surface area contributed by atoms with Crippen LogP contribution in [0.15, 0.2) is 48.8 Å². The number of amides is 2. The average molecular weight is 329 g/mol. The van der Waals surface area contributed by atoms with Crippen LogP contribution in [0, 0.1) is 5.82 Å². The monoisotopic (exact) mass is 329 g/mol. The van der Waals surface area contributed by atoms with Gasteiger partial charge in [-0.3, -0.25) is 4.98 Å². The lowest BCUT2D eigenvalue weighted by Gasteiger charge is -2.34. The van der Waals surface area contributed by atoms with Crippen LogP contribution in [0.3, 0.4) is 0 Å². The van der Waals surface area contributed by atoms with Gasteiger partial charge in [0.1, 0.15) is 11.9 Å². The van der Waals surface area contributed by atoms with Gasteiger partial charge in [-0.2, -0.15) is 0 Å². The number of rotatable bonds is 3. The first kappa shape index (κ1) is 16.4. The number of pyridine rings is 1. The molecule has 0 unspecified atom stereocenters. The lowest BCUT2D eigenvalue weighted by atomic mass is 10.1. The fraction of sp³-hybridized carbons (Fsp3) is 0.333. The van der Waals surface area contributed by atoms with Crippen LogP contribution in [0.1, 0.15) is 30.2 Å². The van der Waals surface area contributed by atoms with E-state index in [2.05, 4.69) is 10.3 Å². The molecule has 0 radical (unpaired) electrons. The standard InChI is InChI=1S/C18H20FN3O2/c1-13(15-5-3-7-20-11-15)21-18(23)22-8-9-24-17(12-22)14-4-2-6-16(19)10-14/h2-7,10-11,13,17H,8-9,12H2,1H3,(H,21,23)/t13-,17-/m1/s1. The zero-order valence-electron chi connectivity index (χ0n) is 13.5. The fourth-order valence-corrected chi connectivity index (χ4v) is 2.73. The Morgan fingerprint density at radius 3 is 3.04 bits per heavy atom. The first-order valence-corrected chi connectivity index (χ1v) is 7.96. The van der Waals surface area contributed by atoms with E-state index < -0.39 is 0 Å². The molecule has 6 heteroatoms. The maximum Gasteiger partial charge on any atom is 0.318 e. The summed E-state index contributed by atoms with van der Waals surface area (Å²) >= 11 is 0. The van der Waals surface area contributed by atoms with Gasteiger partial charge in [0.25, 0.3) is 0 Å². The molecule has 1 N–H and O–H groups in total. The summed E-state index contributed by atoms with van der Waals surface area (Å²) < 4.78 is 19.1. The lowest BCUT2D eigenvalue weighted by molar-refractivity contribution is -0.0158. The number of hydrogen-bond donors (Lipinski definition) is 1. The van der Waals surface area contributed by atoms with Crippen LogP contribution in [0.25, 0.3) is 0 Å². The normalized spacial score (nSPS) is 18.9. The maximum atomic E-state index is 13.4. The van der Waals surface area contributed by atoms with Gasteiger partial charge in [-0.05, 0) is 36.2 Å². The number of ether oxygens (including phenoxy) is 1. The van der Waals surface area contributed by atoms with Crippen LogP contribution in [-0.4, -0.2) is 35.6 Å². The summed E-state index contributed by atoms with van der Waals surface area (Å²) in [7, 11) is 0. The number of nitrogens with one attached hydrogen (secondary N) is 1. The van der Waals surface area contributed by atoms with E-state index in [1.54, 1.807) is 23.4 Å². The number of benzene rings is 1. The number of carbonyl (C=O) groups excluding carboxylic acids is 1. The van der Waals surface area contributed by atoms with Crippen molar-refractivity contribution in [2.24, 2.45) is 0 Å². The summed E-state index contributed by atoms with van der Waals surface area (Å²) in [5.74, 6) is -0.303. The zero-order chi connectivity index (χ0) is 16.9. The Morgan fingerprint density at radius 1 is 1.42 bits per heavy atom. The van der Waals surface area contributed by atoms with Crippen LogP contribution >= 0.6 is 0 Å². The van der Waals surface area contributed by atoms with Crippen molar-refractivity contribution in [2.75, 3.05) is 19.7 Å². The highest BCUT2D eigenvalue weighted by Gasteiger charge is 2.26. The quantitative estimate of drug-likeness (QED) is 0.941. The molecule has 0 saturated carbocycles. The number of urea groups is 1. The number of halogens is 1. The van der Waals surface area contributed by atoms with Gasteiger partial charge in [0, 0.05) is 18.9 Å². The minimum Gasteiger partial charge on any atom is -0.370 e. The Hall–Kier alpha value is -2.47. The molecular formula is C18H20FN3O2. The summed E-state index contributed by atoms with van der Waals surface area (Å²) in [4.78, 5) is 18.3. The molecule has 1 aromatic carbocycles. The highest BCUT2D eigenvalue weighted by atomic mass is 19.1. The van der Waals surface area contributed by atoms with Gasteiger partial charge in [0.15, 0.2) is 0 Å². The molecule has 2 amide bonds. The van der Waals surface area contributed by atoms with E-state index in [1.807, 2.05) is 25.1 Å². The molecule has 5 nitrogen and oxygen atoms in total. The smallest absolute Gasteiger partial charge is 0.318 e. The number of aromatic nitrogens is 1. The minimum absolute atomic E-state index is 0.137. The summed E-state index contributed by atoms with van der Waals surface area (Å²) in [5, 5.41) is 2.97. The molecule has 0 bridgehead atoms. The van der Waals surface area contributed by atoms with Gasteiger partial charge in [0.2, 0.25) is 0 Å². The Bertz CT molecular complexity index is 696. The highest BCUT2D eigenvalue weighted by Crippen LogP contribution is 2.23. The molecule has 126 valence electrons. The van der Waals surface area contributed by atoms with Crippen molar-refractivity contribution < 1.29 is 13.9 Å². The Morgan fingerprint density at radius 2 is 2.29 bits per heavy atom. The van der Waals surface area contributed by atoms with E-state index in [9.17, 15) is 9.18 Å². The number of nitrogens with zero attached hydrogens (tertiary/aromatic N) is 2. The molecule has 1 fully saturated rings. The third-order valence-electron chi connectivity index (χ3n) is 4.10. The van der Waals surface area contributed by atoms with Gasteiger partial charge in [0.05, 0.1) is 19.2 Å². The van der Waals surface area contributed by atoms with Crippen molar-refractivity contribution >= 4 is 6.03 Å². The van der Waals surface area contributed by atoms with Gasteiger partial charge < -0.3 is 15.0 Å². The first-order valence-electron chi connectivity index (χ1n) is 7.96. The van der Waals surface area contributed by atoms with Crippen molar-refractivity contribution in [3.05, 3.63) is 65.7 Å². The predicted octanol–water partition coefficient (Wildman–Crippen LogP) is 3.06. The van der Waals surface area contributed by atoms with E-state index in [1.165, 1.54) is 12.1 Å². The second-order valence-corrected chi connectivity index (χ2v) is 5.82. The maximum absolute atomic E-state index is 13.4. The van der Waals surface area contributed by atoms with Crippen molar-refractivity contribution in [1.29, 1.82) is 0 Å². The van der Waals surface area contributed by atoms with Crippen LogP contribution in [0.4, 0.5) is 9.18 Å². The summed E-state index contributed by atoms with van der Waals surface area (Å²) in [6.45, 7) is 3.25. The van der Waals surface area contributed by atoms with Gasteiger partial charge in [-0.1, -0.05) is 18.2 Å². The van der Waals surface area contributed by atoms with E-state index in [4.69, 9.17) is 4.74 Å². The van der Waals surface area contributed by atoms with E-state index >= 15 is 0 Å². The second kappa shape index (κ2) is 7.40.